The molecule has 2 fully saturated rings. The van der Waals surface area contributed by atoms with Gasteiger partial charge in [-0.1, -0.05) is 0 Å². The highest BCUT2D eigenvalue weighted by Crippen LogP contribution is 2.36. The topological polar surface area (TPSA) is 79.0 Å². The minimum atomic E-state index is -0.576. The first-order valence-electron chi connectivity index (χ1n) is 3.47. The van der Waals surface area contributed by atoms with E-state index in [4.69, 9.17) is 10.5 Å². The Bertz CT molecular complexity index is 150. The summed E-state index contributed by atoms with van der Waals surface area (Å²) in [6.07, 6.45) is -0.937. The van der Waals surface area contributed by atoms with Crippen LogP contribution in [-0.4, -0.2) is 40.7 Å². The van der Waals surface area contributed by atoms with Gasteiger partial charge in [0, 0.05) is 6.04 Å². The van der Waals surface area contributed by atoms with Crippen LogP contribution >= 0.6 is 0 Å². The molecule has 0 aromatic rings. The van der Waals surface area contributed by atoms with E-state index in [1.165, 1.54) is 0 Å². The molecule has 2 aliphatic rings. The number of nitrogens with two attached hydrogens (primary N) is 1. The summed E-state index contributed by atoms with van der Waals surface area (Å²) in [6.45, 7) is 0. The smallest absolute Gasteiger partial charge is 0.114 e. The molecule has 0 spiro atoms. The molecule has 0 radical (unpaired) electrons. The van der Waals surface area contributed by atoms with E-state index in [2.05, 4.69) is 0 Å². The van der Waals surface area contributed by atoms with Crippen LogP contribution in [-0.2, 0) is 4.74 Å². The van der Waals surface area contributed by atoms with Gasteiger partial charge in [0.15, 0.2) is 0 Å². The van der Waals surface area contributed by atoms with E-state index in [9.17, 15) is 10.2 Å². The van der Waals surface area contributed by atoms with Gasteiger partial charge in [-0.3, -0.25) is 0 Å². The Morgan fingerprint density at radius 3 is 2.70 bits per heavy atom. The van der Waals surface area contributed by atoms with Gasteiger partial charge in [0.25, 0.3) is 0 Å². The van der Waals surface area contributed by atoms with Crippen molar-refractivity contribution in [2.45, 2.75) is 36.9 Å². The first-order valence-corrected chi connectivity index (χ1v) is 3.47. The van der Waals surface area contributed by atoms with Gasteiger partial charge < -0.3 is 20.7 Å². The summed E-state index contributed by atoms with van der Waals surface area (Å²) >= 11 is 0. The van der Waals surface area contributed by atoms with E-state index in [0.717, 1.165) is 0 Å². The molecule has 0 amide bonds. The maximum atomic E-state index is 9.24. The summed E-state index contributed by atoms with van der Waals surface area (Å²) in [4.78, 5) is 0. The van der Waals surface area contributed by atoms with Crippen LogP contribution in [0, 0.1) is 0 Å². The maximum Gasteiger partial charge on any atom is 0.114 e. The molecule has 1 heterocycles. The van der Waals surface area contributed by atoms with Crippen LogP contribution in [0.1, 0.15) is 6.42 Å². The molecule has 4 nitrogen and oxygen atoms in total. The standard InChI is InChI=1S/C6H11NO3/c7-2-1-3(8)5-6(10-5)4(2)9/h2-6,8-9H,1,7H2/t2-,3+,4+,5+,6-/m1/s1. The molecule has 0 unspecified atom stereocenters. The van der Waals surface area contributed by atoms with Crippen LogP contribution in [0.5, 0.6) is 0 Å². The summed E-state index contributed by atoms with van der Waals surface area (Å²) in [5.74, 6) is 0. The van der Waals surface area contributed by atoms with Crippen molar-refractivity contribution in [1.82, 2.24) is 0 Å². The summed E-state index contributed by atoms with van der Waals surface area (Å²) in [5, 5.41) is 18.4. The second-order valence-electron chi connectivity index (χ2n) is 3.02. The van der Waals surface area contributed by atoms with Gasteiger partial charge in [-0.05, 0) is 6.42 Å². The van der Waals surface area contributed by atoms with Crippen molar-refractivity contribution in [2.24, 2.45) is 5.73 Å². The second-order valence-corrected chi connectivity index (χ2v) is 3.02. The zero-order valence-corrected chi connectivity index (χ0v) is 5.47. The molecule has 5 atom stereocenters. The Hall–Kier alpha value is -0.160. The molecule has 0 aromatic heterocycles. The normalized spacial score (nSPS) is 59.7. The molecule has 1 aliphatic carbocycles. The first-order chi connectivity index (χ1) is 4.70. The van der Waals surface area contributed by atoms with Crippen molar-refractivity contribution < 1.29 is 14.9 Å². The zero-order chi connectivity index (χ0) is 7.30. The lowest BCUT2D eigenvalue weighted by Crippen LogP contribution is -2.47. The van der Waals surface area contributed by atoms with Gasteiger partial charge in [-0.2, -0.15) is 0 Å². The fourth-order valence-corrected chi connectivity index (χ4v) is 1.52. The van der Waals surface area contributed by atoms with E-state index in [1.54, 1.807) is 0 Å². The third-order valence-corrected chi connectivity index (χ3v) is 2.23. The third-order valence-electron chi connectivity index (χ3n) is 2.23. The predicted octanol–water partition coefficient (Wildman–Crippen LogP) is -1.79. The van der Waals surface area contributed by atoms with Crippen LogP contribution in [0.15, 0.2) is 0 Å². The van der Waals surface area contributed by atoms with Gasteiger partial charge in [-0.15, -0.1) is 0 Å². The predicted molar refractivity (Wildman–Crippen MR) is 33.3 cm³/mol. The van der Waals surface area contributed by atoms with Crippen LogP contribution in [0.3, 0.4) is 0 Å². The Labute approximate surface area is 58.6 Å². The van der Waals surface area contributed by atoms with Crippen molar-refractivity contribution in [3.8, 4) is 0 Å². The quantitative estimate of drug-likeness (QED) is 0.352. The van der Waals surface area contributed by atoms with E-state index < -0.39 is 12.2 Å². The molecule has 0 bridgehead atoms. The number of epoxide rings is 1. The van der Waals surface area contributed by atoms with Gasteiger partial charge in [0.1, 0.15) is 12.2 Å². The highest BCUT2D eigenvalue weighted by molar-refractivity contribution is 5.04. The van der Waals surface area contributed by atoms with E-state index in [-0.39, 0.29) is 18.2 Å². The lowest BCUT2D eigenvalue weighted by atomic mass is 9.91. The monoisotopic (exact) mass is 145 g/mol. The molecular formula is C6H11NO3. The number of aliphatic hydroxyl groups is 2. The van der Waals surface area contributed by atoms with Crippen molar-refractivity contribution >= 4 is 0 Å². The molecule has 4 heteroatoms. The van der Waals surface area contributed by atoms with E-state index >= 15 is 0 Å². The Balaban J connectivity index is 2.05. The molecule has 2 rings (SSSR count). The SMILES string of the molecule is N[C@@H]1C[C@H](O)[C@@H]2O[C@@H]2[C@H]1O. The highest BCUT2D eigenvalue weighted by Gasteiger charge is 2.54. The van der Waals surface area contributed by atoms with Crippen molar-refractivity contribution in [3.63, 3.8) is 0 Å². The summed E-state index contributed by atoms with van der Waals surface area (Å²) in [5.41, 5.74) is 5.50. The van der Waals surface area contributed by atoms with Crippen molar-refractivity contribution in [1.29, 1.82) is 0 Å². The molecule has 4 N–H and O–H groups in total. The molecule has 0 aromatic carbocycles. The van der Waals surface area contributed by atoms with Crippen LogP contribution in [0.25, 0.3) is 0 Å². The van der Waals surface area contributed by atoms with Crippen molar-refractivity contribution in [2.75, 3.05) is 0 Å². The van der Waals surface area contributed by atoms with E-state index in [1.807, 2.05) is 0 Å². The van der Waals surface area contributed by atoms with Crippen LogP contribution in [0.4, 0.5) is 0 Å². The zero-order valence-electron chi connectivity index (χ0n) is 5.47. The summed E-state index contributed by atoms with van der Waals surface area (Å²) in [7, 11) is 0. The van der Waals surface area contributed by atoms with Gasteiger partial charge in [0.05, 0.1) is 12.2 Å². The molecule has 58 valence electrons. The third kappa shape index (κ3) is 0.769. The second kappa shape index (κ2) is 1.92. The van der Waals surface area contributed by atoms with Crippen LogP contribution < -0.4 is 5.73 Å². The van der Waals surface area contributed by atoms with Gasteiger partial charge >= 0.3 is 0 Å². The number of hydrogen-bond donors (Lipinski definition) is 3. The minimum Gasteiger partial charge on any atom is -0.390 e. The summed E-state index contributed by atoms with van der Waals surface area (Å²) < 4.78 is 4.99. The summed E-state index contributed by atoms with van der Waals surface area (Å²) in [6, 6.07) is -0.321. The molecule has 10 heavy (non-hydrogen) atoms. The molecule has 1 aliphatic heterocycles. The number of hydrogen-bond acceptors (Lipinski definition) is 4. The van der Waals surface area contributed by atoms with Crippen LogP contribution in [0.2, 0.25) is 0 Å². The Morgan fingerprint density at radius 2 is 2.00 bits per heavy atom. The fourth-order valence-electron chi connectivity index (χ4n) is 1.52. The average molecular weight is 145 g/mol. The van der Waals surface area contributed by atoms with E-state index in [0.29, 0.717) is 6.42 Å². The number of ether oxygens (including phenoxy) is 1. The Kier molecular flexibility index (Phi) is 1.25. The lowest BCUT2D eigenvalue weighted by Gasteiger charge is -2.23. The molecular weight excluding hydrogens is 134 g/mol. The number of aliphatic hydroxyl groups excluding tert-OH is 2. The average Bonchev–Trinajstić information content (AvgIpc) is 2.61. The number of rotatable bonds is 0. The highest BCUT2D eigenvalue weighted by atomic mass is 16.6. The Morgan fingerprint density at radius 1 is 1.30 bits per heavy atom. The van der Waals surface area contributed by atoms with Crippen molar-refractivity contribution in [3.05, 3.63) is 0 Å². The minimum absolute atomic E-state index is 0.144. The lowest BCUT2D eigenvalue weighted by molar-refractivity contribution is 0.0629. The fraction of sp³-hybridized carbons (Fsp3) is 1.00. The largest absolute Gasteiger partial charge is 0.390 e. The maximum absolute atomic E-state index is 9.24. The van der Waals surface area contributed by atoms with Gasteiger partial charge in [0.2, 0.25) is 0 Å². The van der Waals surface area contributed by atoms with Gasteiger partial charge in [-0.25, -0.2) is 0 Å². The molecule has 1 saturated heterocycles. The molecule has 1 saturated carbocycles. The first kappa shape index (κ1) is 6.54. The number of fused-ring (bicyclic) bond motifs is 1.